The summed E-state index contributed by atoms with van der Waals surface area (Å²) in [5.74, 6) is -1.48. The van der Waals surface area contributed by atoms with Crippen LogP contribution in [0.1, 0.15) is 10.4 Å². The van der Waals surface area contributed by atoms with Crippen LogP contribution in [-0.4, -0.2) is 48.7 Å². The molecule has 0 spiro atoms. The van der Waals surface area contributed by atoms with Gasteiger partial charge in [-0.1, -0.05) is 12.1 Å². The van der Waals surface area contributed by atoms with Crippen LogP contribution in [-0.2, 0) is 9.53 Å². The van der Waals surface area contributed by atoms with Crippen molar-refractivity contribution < 1.29 is 19.4 Å². The first-order valence-corrected chi connectivity index (χ1v) is 5.40. The molecule has 6 nitrogen and oxygen atoms in total. The maximum atomic E-state index is 12.1. The molecule has 18 heavy (non-hydrogen) atoms. The summed E-state index contributed by atoms with van der Waals surface area (Å²) < 4.78 is 4.85. The highest BCUT2D eigenvalue weighted by Gasteiger charge is 2.19. The fourth-order valence-corrected chi connectivity index (χ4v) is 1.48. The summed E-state index contributed by atoms with van der Waals surface area (Å²) in [6, 6.07) is 6.56. The lowest BCUT2D eigenvalue weighted by Crippen LogP contribution is -2.38. The van der Waals surface area contributed by atoms with E-state index in [9.17, 15) is 9.59 Å². The van der Waals surface area contributed by atoms with Crippen LogP contribution in [0.4, 0.5) is 5.69 Å². The highest BCUT2D eigenvalue weighted by atomic mass is 16.5. The van der Waals surface area contributed by atoms with Gasteiger partial charge in [0.15, 0.2) is 0 Å². The second-order valence-electron chi connectivity index (χ2n) is 3.70. The van der Waals surface area contributed by atoms with Crippen molar-refractivity contribution in [2.75, 3.05) is 32.5 Å². The smallest absolute Gasteiger partial charge is 0.323 e. The highest BCUT2D eigenvalue weighted by molar-refractivity contribution is 6.00. The number of hydrogen-bond acceptors (Lipinski definition) is 4. The minimum atomic E-state index is -1.08. The number of carboxylic acids is 1. The van der Waals surface area contributed by atoms with Gasteiger partial charge in [-0.15, -0.1) is 0 Å². The Morgan fingerprint density at radius 2 is 2.06 bits per heavy atom. The number of methoxy groups -OCH3 is 1. The molecule has 0 unspecified atom stereocenters. The summed E-state index contributed by atoms with van der Waals surface area (Å²) in [6.45, 7) is 0.0955. The van der Waals surface area contributed by atoms with Gasteiger partial charge in [0.2, 0.25) is 0 Å². The lowest BCUT2D eigenvalue weighted by molar-refractivity contribution is -0.137. The largest absolute Gasteiger partial charge is 0.480 e. The molecule has 0 aliphatic heterocycles. The Balaban J connectivity index is 2.87. The number of anilines is 1. The lowest BCUT2D eigenvalue weighted by atomic mass is 10.1. The maximum absolute atomic E-state index is 12.1. The average molecular weight is 252 g/mol. The first-order chi connectivity index (χ1) is 8.56. The number of ether oxygens (including phenoxy) is 1. The third-order valence-electron chi connectivity index (χ3n) is 2.37. The number of nitrogens with two attached hydrogens (primary N) is 1. The van der Waals surface area contributed by atoms with Gasteiger partial charge in [-0.05, 0) is 12.1 Å². The Morgan fingerprint density at radius 1 is 1.39 bits per heavy atom. The molecule has 0 saturated heterocycles. The fourth-order valence-electron chi connectivity index (χ4n) is 1.48. The van der Waals surface area contributed by atoms with Gasteiger partial charge in [0.05, 0.1) is 12.2 Å². The first-order valence-electron chi connectivity index (χ1n) is 5.40. The average Bonchev–Trinajstić information content (AvgIpc) is 2.34. The highest BCUT2D eigenvalue weighted by Crippen LogP contribution is 2.13. The molecule has 1 amide bonds. The van der Waals surface area contributed by atoms with Crippen molar-refractivity contribution in [1.29, 1.82) is 0 Å². The molecule has 0 fully saturated rings. The van der Waals surface area contributed by atoms with Gasteiger partial charge in [-0.2, -0.15) is 0 Å². The van der Waals surface area contributed by atoms with Crippen molar-refractivity contribution in [3.8, 4) is 0 Å². The van der Waals surface area contributed by atoms with E-state index in [0.717, 1.165) is 0 Å². The van der Waals surface area contributed by atoms with E-state index < -0.39 is 11.9 Å². The number of rotatable bonds is 6. The summed E-state index contributed by atoms with van der Waals surface area (Å²) in [4.78, 5) is 24.1. The first kappa shape index (κ1) is 14.0. The topological polar surface area (TPSA) is 92.9 Å². The van der Waals surface area contributed by atoms with Gasteiger partial charge in [0, 0.05) is 19.3 Å². The number of aliphatic carboxylic acids is 1. The summed E-state index contributed by atoms with van der Waals surface area (Å²) in [7, 11) is 1.49. The van der Waals surface area contributed by atoms with Crippen LogP contribution in [0.25, 0.3) is 0 Å². The van der Waals surface area contributed by atoms with Crippen LogP contribution < -0.4 is 5.73 Å². The van der Waals surface area contributed by atoms with Crippen LogP contribution in [0, 0.1) is 0 Å². The van der Waals surface area contributed by atoms with Crippen molar-refractivity contribution >= 4 is 17.6 Å². The Labute approximate surface area is 105 Å². The molecule has 6 heteroatoms. The van der Waals surface area contributed by atoms with E-state index in [1.54, 1.807) is 24.3 Å². The number of nitrogen functional groups attached to an aromatic ring is 1. The molecular formula is C12H16N2O4. The van der Waals surface area contributed by atoms with Crippen molar-refractivity contribution in [1.82, 2.24) is 4.90 Å². The molecule has 0 bridgehead atoms. The molecule has 3 N–H and O–H groups in total. The second-order valence-corrected chi connectivity index (χ2v) is 3.70. The molecule has 0 radical (unpaired) electrons. The number of para-hydroxylation sites is 1. The van der Waals surface area contributed by atoms with Gasteiger partial charge >= 0.3 is 5.97 Å². The molecule has 1 aromatic rings. The van der Waals surface area contributed by atoms with E-state index >= 15 is 0 Å². The minimum absolute atomic E-state index is 0.204. The summed E-state index contributed by atoms with van der Waals surface area (Å²) in [6.07, 6.45) is 0. The number of hydrogen-bond donors (Lipinski definition) is 2. The van der Waals surface area contributed by atoms with Gasteiger partial charge in [0.25, 0.3) is 5.91 Å². The molecular weight excluding hydrogens is 236 g/mol. The fraction of sp³-hybridized carbons (Fsp3) is 0.333. The molecule has 98 valence electrons. The molecule has 0 aliphatic carbocycles. The van der Waals surface area contributed by atoms with E-state index in [2.05, 4.69) is 0 Å². The zero-order chi connectivity index (χ0) is 13.5. The van der Waals surface area contributed by atoms with E-state index in [1.807, 2.05) is 0 Å². The summed E-state index contributed by atoms with van der Waals surface area (Å²) >= 11 is 0. The Bertz CT molecular complexity index is 434. The van der Waals surface area contributed by atoms with E-state index in [4.69, 9.17) is 15.6 Å². The van der Waals surface area contributed by atoms with Crippen LogP contribution in [0.5, 0.6) is 0 Å². The van der Waals surface area contributed by atoms with E-state index in [1.165, 1.54) is 12.0 Å². The monoisotopic (exact) mass is 252 g/mol. The van der Waals surface area contributed by atoms with Crippen LogP contribution >= 0.6 is 0 Å². The molecule has 0 atom stereocenters. The molecule has 0 saturated carbocycles. The van der Waals surface area contributed by atoms with Crippen molar-refractivity contribution in [3.63, 3.8) is 0 Å². The Morgan fingerprint density at radius 3 is 2.61 bits per heavy atom. The normalized spacial score (nSPS) is 10.1. The van der Waals surface area contributed by atoms with Gasteiger partial charge in [-0.3, -0.25) is 9.59 Å². The van der Waals surface area contributed by atoms with Gasteiger partial charge in [0.1, 0.15) is 6.54 Å². The third-order valence-corrected chi connectivity index (χ3v) is 2.37. The quantitative estimate of drug-likeness (QED) is 0.717. The standard InChI is InChI=1S/C12H16N2O4/c1-18-7-6-14(8-11(15)16)12(17)9-4-2-3-5-10(9)13/h2-5H,6-8,13H2,1H3,(H,15,16). The van der Waals surface area contributed by atoms with Crippen molar-refractivity contribution in [3.05, 3.63) is 29.8 Å². The number of nitrogens with zero attached hydrogens (tertiary/aromatic N) is 1. The second kappa shape index (κ2) is 6.61. The summed E-state index contributed by atoms with van der Waals surface area (Å²) in [5, 5.41) is 8.78. The molecule has 0 aromatic heterocycles. The lowest BCUT2D eigenvalue weighted by Gasteiger charge is -2.21. The van der Waals surface area contributed by atoms with Crippen LogP contribution in [0.3, 0.4) is 0 Å². The minimum Gasteiger partial charge on any atom is -0.480 e. The van der Waals surface area contributed by atoms with Gasteiger partial charge in [-0.25, -0.2) is 0 Å². The molecule has 1 rings (SSSR count). The molecule has 1 aromatic carbocycles. The van der Waals surface area contributed by atoms with Crippen molar-refractivity contribution in [2.45, 2.75) is 0 Å². The number of carboxylic acid groups (broad SMARTS) is 1. The Hall–Kier alpha value is -2.08. The predicted molar refractivity (Wildman–Crippen MR) is 66.3 cm³/mol. The predicted octanol–water partition coefficient (Wildman–Crippen LogP) is 0.442. The molecule has 0 heterocycles. The maximum Gasteiger partial charge on any atom is 0.323 e. The zero-order valence-corrected chi connectivity index (χ0v) is 10.1. The van der Waals surface area contributed by atoms with Gasteiger partial charge < -0.3 is 20.5 Å². The third kappa shape index (κ3) is 3.74. The Kier molecular flexibility index (Phi) is 5.13. The van der Waals surface area contributed by atoms with Crippen LogP contribution in [0.2, 0.25) is 0 Å². The number of benzene rings is 1. The summed E-state index contributed by atoms with van der Waals surface area (Å²) in [5.41, 5.74) is 6.32. The zero-order valence-electron chi connectivity index (χ0n) is 10.1. The van der Waals surface area contributed by atoms with Crippen molar-refractivity contribution in [2.24, 2.45) is 0 Å². The van der Waals surface area contributed by atoms with E-state index in [0.29, 0.717) is 11.3 Å². The van der Waals surface area contributed by atoms with Crippen LogP contribution in [0.15, 0.2) is 24.3 Å². The SMILES string of the molecule is COCCN(CC(=O)O)C(=O)c1ccccc1N. The number of amides is 1. The molecule has 0 aliphatic rings. The number of carbonyl (C=O) groups is 2. The van der Waals surface area contributed by atoms with E-state index in [-0.39, 0.29) is 19.7 Å². The number of carbonyl (C=O) groups excluding carboxylic acids is 1.